The van der Waals surface area contributed by atoms with E-state index in [9.17, 15) is 4.79 Å². The number of thiophene rings is 1. The van der Waals surface area contributed by atoms with E-state index in [4.69, 9.17) is 0 Å². The Balaban J connectivity index is 1.83. The van der Waals surface area contributed by atoms with Crippen molar-refractivity contribution in [2.45, 2.75) is 25.8 Å². The number of carbonyl (C=O) groups excluding carboxylic acids is 1. The summed E-state index contributed by atoms with van der Waals surface area (Å²) in [5.74, 6) is 0.00226. The summed E-state index contributed by atoms with van der Waals surface area (Å²) >= 11 is 4.84. The molecule has 19 heavy (non-hydrogen) atoms. The lowest BCUT2D eigenvalue weighted by molar-refractivity contribution is 0.0942. The molecule has 1 amide bonds. The molecule has 1 N–H and O–H groups in total. The van der Waals surface area contributed by atoms with E-state index in [-0.39, 0.29) is 11.9 Å². The van der Waals surface area contributed by atoms with Crippen LogP contribution >= 0.6 is 27.3 Å². The van der Waals surface area contributed by atoms with E-state index >= 15 is 0 Å². The second-order valence-corrected chi connectivity index (χ2v) is 6.27. The summed E-state index contributed by atoms with van der Waals surface area (Å²) in [6.07, 6.45) is 1.92. The Morgan fingerprint density at radius 2 is 2.05 bits per heavy atom. The Hall–Kier alpha value is -1.13. The maximum Gasteiger partial charge on any atom is 0.262 e. The molecule has 4 heteroatoms. The van der Waals surface area contributed by atoms with Crippen LogP contribution in [-0.2, 0) is 6.42 Å². The fraction of sp³-hybridized carbons (Fsp3) is 0.267. The molecule has 1 aromatic heterocycles. The third-order valence-electron chi connectivity index (χ3n) is 2.91. The molecule has 0 radical (unpaired) electrons. The number of nitrogens with one attached hydrogen (secondary N) is 1. The third kappa shape index (κ3) is 4.18. The predicted octanol–water partition coefficient (Wildman–Crippen LogP) is 4.26. The molecule has 100 valence electrons. The Bertz CT molecular complexity index is 538. The van der Waals surface area contributed by atoms with Gasteiger partial charge < -0.3 is 5.32 Å². The highest BCUT2D eigenvalue weighted by molar-refractivity contribution is 9.10. The number of aryl methyl sites for hydroxylation is 1. The van der Waals surface area contributed by atoms with Gasteiger partial charge >= 0.3 is 0 Å². The molecule has 1 atom stereocenters. The van der Waals surface area contributed by atoms with Gasteiger partial charge in [-0.05, 0) is 52.7 Å². The van der Waals surface area contributed by atoms with Crippen molar-refractivity contribution in [2.75, 3.05) is 0 Å². The van der Waals surface area contributed by atoms with Crippen LogP contribution in [-0.4, -0.2) is 11.9 Å². The van der Waals surface area contributed by atoms with Gasteiger partial charge in [0.1, 0.15) is 4.88 Å². The van der Waals surface area contributed by atoms with Gasteiger partial charge in [0.05, 0.1) is 0 Å². The standard InChI is InChI=1S/C15H16BrNOS/c1-11(7-8-12-5-3-2-4-6-12)17-15(18)14-13(16)9-10-19-14/h2-6,9-11H,7-8H2,1H3,(H,17,18). The van der Waals surface area contributed by atoms with Crippen molar-refractivity contribution in [1.29, 1.82) is 0 Å². The zero-order valence-corrected chi connectivity index (χ0v) is 13.1. The van der Waals surface area contributed by atoms with Crippen molar-refractivity contribution < 1.29 is 4.79 Å². The normalized spacial score (nSPS) is 12.1. The number of hydrogen-bond donors (Lipinski definition) is 1. The Kier molecular flexibility index (Phi) is 5.16. The second-order valence-electron chi connectivity index (χ2n) is 4.50. The summed E-state index contributed by atoms with van der Waals surface area (Å²) in [7, 11) is 0. The van der Waals surface area contributed by atoms with Crippen LogP contribution in [0.4, 0.5) is 0 Å². The fourth-order valence-corrected chi connectivity index (χ4v) is 3.30. The van der Waals surface area contributed by atoms with Gasteiger partial charge in [-0.3, -0.25) is 4.79 Å². The van der Waals surface area contributed by atoms with Crippen LogP contribution in [0.3, 0.4) is 0 Å². The number of hydrogen-bond acceptors (Lipinski definition) is 2. The lowest BCUT2D eigenvalue weighted by atomic mass is 10.1. The number of halogens is 1. The van der Waals surface area contributed by atoms with Crippen molar-refractivity contribution >= 4 is 33.2 Å². The van der Waals surface area contributed by atoms with E-state index in [0.29, 0.717) is 0 Å². The van der Waals surface area contributed by atoms with Crippen LogP contribution in [0.5, 0.6) is 0 Å². The molecule has 0 aliphatic heterocycles. The Morgan fingerprint density at radius 1 is 1.32 bits per heavy atom. The largest absolute Gasteiger partial charge is 0.349 e. The summed E-state index contributed by atoms with van der Waals surface area (Å²) in [5.41, 5.74) is 1.31. The number of benzene rings is 1. The first-order valence-corrected chi connectivity index (χ1v) is 7.92. The van der Waals surface area contributed by atoms with Crippen LogP contribution in [0.15, 0.2) is 46.3 Å². The summed E-state index contributed by atoms with van der Waals surface area (Å²) in [5, 5.41) is 4.95. The first-order valence-electron chi connectivity index (χ1n) is 6.24. The van der Waals surface area contributed by atoms with Gasteiger partial charge in [-0.2, -0.15) is 0 Å². The van der Waals surface area contributed by atoms with Gasteiger partial charge in [0.2, 0.25) is 0 Å². The number of rotatable bonds is 5. The molecular formula is C15H16BrNOS. The summed E-state index contributed by atoms with van der Waals surface area (Å²) in [4.78, 5) is 12.8. The summed E-state index contributed by atoms with van der Waals surface area (Å²) in [6, 6.07) is 12.4. The zero-order chi connectivity index (χ0) is 13.7. The quantitative estimate of drug-likeness (QED) is 0.867. The van der Waals surface area contributed by atoms with Gasteiger partial charge in [0.25, 0.3) is 5.91 Å². The molecule has 2 aromatic rings. The van der Waals surface area contributed by atoms with E-state index in [2.05, 4.69) is 33.4 Å². The van der Waals surface area contributed by atoms with Crippen LogP contribution in [0.1, 0.15) is 28.6 Å². The molecule has 1 heterocycles. The van der Waals surface area contributed by atoms with E-state index < -0.39 is 0 Å². The average molecular weight is 338 g/mol. The van der Waals surface area contributed by atoms with E-state index in [1.54, 1.807) is 0 Å². The zero-order valence-electron chi connectivity index (χ0n) is 10.7. The van der Waals surface area contributed by atoms with Gasteiger partial charge in [-0.15, -0.1) is 11.3 Å². The minimum absolute atomic E-state index is 0.00226. The van der Waals surface area contributed by atoms with Gasteiger partial charge in [0, 0.05) is 10.5 Å². The van der Waals surface area contributed by atoms with Crippen LogP contribution in [0.25, 0.3) is 0 Å². The lowest BCUT2D eigenvalue weighted by Gasteiger charge is -2.13. The van der Waals surface area contributed by atoms with Crippen LogP contribution in [0, 0.1) is 0 Å². The predicted molar refractivity (Wildman–Crippen MR) is 83.7 cm³/mol. The number of carbonyl (C=O) groups is 1. The van der Waals surface area contributed by atoms with Crippen molar-refractivity contribution in [3.63, 3.8) is 0 Å². The molecule has 0 spiro atoms. The van der Waals surface area contributed by atoms with Crippen molar-refractivity contribution in [3.8, 4) is 0 Å². The molecule has 2 nitrogen and oxygen atoms in total. The molecule has 0 saturated carbocycles. The molecule has 1 aromatic carbocycles. The minimum atomic E-state index is 0.00226. The SMILES string of the molecule is CC(CCc1ccccc1)NC(=O)c1sccc1Br. The monoisotopic (exact) mass is 337 g/mol. The Labute approximate surface area is 126 Å². The molecule has 0 bridgehead atoms. The molecular weight excluding hydrogens is 322 g/mol. The highest BCUT2D eigenvalue weighted by Crippen LogP contribution is 2.22. The Morgan fingerprint density at radius 3 is 2.68 bits per heavy atom. The van der Waals surface area contributed by atoms with Gasteiger partial charge in [-0.1, -0.05) is 30.3 Å². The molecule has 2 rings (SSSR count). The molecule has 0 aliphatic rings. The van der Waals surface area contributed by atoms with Crippen molar-refractivity contribution in [1.82, 2.24) is 5.32 Å². The fourth-order valence-electron chi connectivity index (χ4n) is 1.85. The average Bonchev–Trinajstić information content (AvgIpc) is 2.84. The van der Waals surface area contributed by atoms with Crippen molar-refractivity contribution in [2.24, 2.45) is 0 Å². The minimum Gasteiger partial charge on any atom is -0.349 e. The summed E-state index contributed by atoms with van der Waals surface area (Å²) < 4.78 is 0.866. The van der Waals surface area contributed by atoms with E-state index in [0.717, 1.165) is 22.2 Å². The molecule has 0 aliphatic carbocycles. The molecule has 0 saturated heterocycles. The maximum atomic E-state index is 12.0. The maximum absolute atomic E-state index is 12.0. The highest BCUT2D eigenvalue weighted by atomic mass is 79.9. The molecule has 1 unspecified atom stereocenters. The number of amides is 1. The topological polar surface area (TPSA) is 29.1 Å². The van der Waals surface area contributed by atoms with E-state index in [1.807, 2.05) is 36.6 Å². The first-order chi connectivity index (χ1) is 9.16. The lowest BCUT2D eigenvalue weighted by Crippen LogP contribution is -2.32. The van der Waals surface area contributed by atoms with Crippen molar-refractivity contribution in [3.05, 3.63) is 56.7 Å². The second kappa shape index (κ2) is 6.87. The smallest absolute Gasteiger partial charge is 0.262 e. The van der Waals surface area contributed by atoms with Crippen LogP contribution in [0.2, 0.25) is 0 Å². The molecule has 0 fully saturated rings. The first kappa shape index (κ1) is 14.3. The van der Waals surface area contributed by atoms with Crippen LogP contribution < -0.4 is 5.32 Å². The van der Waals surface area contributed by atoms with Gasteiger partial charge in [-0.25, -0.2) is 0 Å². The van der Waals surface area contributed by atoms with E-state index in [1.165, 1.54) is 16.9 Å². The summed E-state index contributed by atoms with van der Waals surface area (Å²) in [6.45, 7) is 2.04. The van der Waals surface area contributed by atoms with Gasteiger partial charge in [0.15, 0.2) is 0 Å². The third-order valence-corrected chi connectivity index (χ3v) is 4.75. The highest BCUT2D eigenvalue weighted by Gasteiger charge is 2.13.